The van der Waals surface area contributed by atoms with E-state index < -0.39 is 0 Å². The van der Waals surface area contributed by atoms with Gasteiger partial charge in [-0.25, -0.2) is 4.98 Å². The van der Waals surface area contributed by atoms with Gasteiger partial charge in [-0.3, -0.25) is 4.57 Å². The molecular formula is C9H12N4S. The third-order valence-electron chi connectivity index (χ3n) is 2.16. The van der Waals surface area contributed by atoms with Crippen LogP contribution in [0.25, 0.3) is 11.2 Å². The lowest BCUT2D eigenvalue weighted by Crippen LogP contribution is -2.01. The smallest absolute Gasteiger partial charge is 0.179 e. The number of nitrogens with one attached hydrogen (secondary N) is 1. The van der Waals surface area contributed by atoms with Crippen LogP contribution in [0, 0.1) is 4.77 Å². The molecule has 2 aromatic rings. The van der Waals surface area contributed by atoms with Crippen molar-refractivity contribution in [2.75, 3.05) is 5.73 Å². The number of hydrogen-bond acceptors (Lipinski definition) is 3. The van der Waals surface area contributed by atoms with E-state index in [4.69, 9.17) is 18.0 Å². The van der Waals surface area contributed by atoms with Gasteiger partial charge in [0.1, 0.15) is 5.52 Å². The average molecular weight is 208 g/mol. The highest BCUT2D eigenvalue weighted by molar-refractivity contribution is 7.71. The molecule has 0 aliphatic carbocycles. The molecule has 14 heavy (non-hydrogen) atoms. The first-order valence-corrected chi connectivity index (χ1v) is 4.86. The molecule has 0 atom stereocenters. The molecule has 0 aromatic carbocycles. The molecule has 74 valence electrons. The fraction of sp³-hybridized carbons (Fsp3) is 0.333. The van der Waals surface area contributed by atoms with Gasteiger partial charge in [0.15, 0.2) is 10.4 Å². The van der Waals surface area contributed by atoms with Crippen molar-refractivity contribution in [3.8, 4) is 0 Å². The number of anilines is 1. The maximum Gasteiger partial charge on any atom is 0.179 e. The first-order chi connectivity index (χ1) is 6.61. The van der Waals surface area contributed by atoms with Crippen LogP contribution in [0.1, 0.15) is 19.9 Å². The second-order valence-corrected chi connectivity index (χ2v) is 3.88. The summed E-state index contributed by atoms with van der Waals surface area (Å²) in [6, 6.07) is 2.05. The molecule has 0 fully saturated rings. The third kappa shape index (κ3) is 1.21. The number of aromatic nitrogens is 3. The van der Waals surface area contributed by atoms with Crippen LogP contribution in [0.2, 0.25) is 0 Å². The lowest BCUT2D eigenvalue weighted by Gasteiger charge is -2.06. The number of nitrogens with two attached hydrogens (primary N) is 1. The summed E-state index contributed by atoms with van der Waals surface area (Å²) in [5.41, 5.74) is 8.14. The molecule has 2 aromatic heterocycles. The number of fused-ring (bicyclic) bond motifs is 1. The molecule has 0 radical (unpaired) electrons. The van der Waals surface area contributed by atoms with Crippen molar-refractivity contribution in [2.45, 2.75) is 19.9 Å². The Morgan fingerprint density at radius 3 is 2.93 bits per heavy atom. The molecule has 2 heterocycles. The summed E-state index contributed by atoms with van der Waals surface area (Å²) in [6.45, 7) is 4.13. The Labute approximate surface area is 86.8 Å². The summed E-state index contributed by atoms with van der Waals surface area (Å²) in [7, 11) is 0. The van der Waals surface area contributed by atoms with E-state index in [2.05, 4.69) is 23.8 Å². The van der Waals surface area contributed by atoms with Crippen LogP contribution in [0.3, 0.4) is 0 Å². The fourth-order valence-corrected chi connectivity index (χ4v) is 1.92. The summed E-state index contributed by atoms with van der Waals surface area (Å²) in [5.74, 6) is 0. The van der Waals surface area contributed by atoms with Crippen LogP contribution in [-0.2, 0) is 0 Å². The molecular weight excluding hydrogens is 196 g/mol. The molecule has 0 aliphatic heterocycles. The van der Waals surface area contributed by atoms with Crippen LogP contribution in [0.4, 0.5) is 5.69 Å². The first-order valence-electron chi connectivity index (χ1n) is 4.46. The van der Waals surface area contributed by atoms with Crippen LogP contribution >= 0.6 is 12.2 Å². The van der Waals surface area contributed by atoms with E-state index in [9.17, 15) is 0 Å². The van der Waals surface area contributed by atoms with Crippen molar-refractivity contribution in [3.63, 3.8) is 0 Å². The number of aromatic amines is 1. The highest BCUT2D eigenvalue weighted by Gasteiger charge is 2.09. The second-order valence-electron chi connectivity index (χ2n) is 3.49. The predicted octanol–water partition coefficient (Wildman–Crippen LogP) is 2.26. The van der Waals surface area contributed by atoms with Gasteiger partial charge in [-0.1, -0.05) is 0 Å². The van der Waals surface area contributed by atoms with Crippen LogP contribution in [-0.4, -0.2) is 14.5 Å². The van der Waals surface area contributed by atoms with Gasteiger partial charge in [-0.15, -0.1) is 0 Å². The van der Waals surface area contributed by atoms with E-state index in [1.165, 1.54) is 0 Å². The molecule has 0 amide bonds. The fourth-order valence-electron chi connectivity index (χ4n) is 1.52. The van der Waals surface area contributed by atoms with E-state index in [-0.39, 0.29) is 6.04 Å². The second kappa shape index (κ2) is 3.09. The van der Waals surface area contributed by atoms with Crippen molar-refractivity contribution in [3.05, 3.63) is 17.0 Å². The molecule has 0 unspecified atom stereocenters. The maximum absolute atomic E-state index is 5.81. The van der Waals surface area contributed by atoms with E-state index in [0.29, 0.717) is 10.5 Å². The van der Waals surface area contributed by atoms with Gasteiger partial charge in [0.2, 0.25) is 0 Å². The van der Waals surface area contributed by atoms with Gasteiger partial charge < -0.3 is 10.7 Å². The Bertz CT molecular complexity index is 523. The van der Waals surface area contributed by atoms with E-state index in [1.807, 2.05) is 4.57 Å². The zero-order valence-corrected chi connectivity index (χ0v) is 8.93. The molecule has 5 heteroatoms. The number of rotatable bonds is 1. The first kappa shape index (κ1) is 9.21. The van der Waals surface area contributed by atoms with Crippen molar-refractivity contribution in [1.82, 2.24) is 14.5 Å². The molecule has 2 rings (SSSR count). The largest absolute Gasteiger partial charge is 0.397 e. The molecule has 4 nitrogen and oxygen atoms in total. The van der Waals surface area contributed by atoms with Gasteiger partial charge in [-0.2, -0.15) is 0 Å². The Balaban J connectivity index is 2.91. The number of imidazole rings is 1. The van der Waals surface area contributed by atoms with Gasteiger partial charge in [-0.05, 0) is 32.1 Å². The summed E-state index contributed by atoms with van der Waals surface area (Å²) >= 11 is 5.20. The average Bonchev–Trinajstić information content (AvgIpc) is 2.42. The Kier molecular flexibility index (Phi) is 2.03. The monoisotopic (exact) mass is 208 g/mol. The van der Waals surface area contributed by atoms with E-state index >= 15 is 0 Å². The number of hydrogen-bond donors (Lipinski definition) is 2. The van der Waals surface area contributed by atoms with Crippen LogP contribution in [0.5, 0.6) is 0 Å². The Morgan fingerprint density at radius 1 is 1.57 bits per heavy atom. The summed E-state index contributed by atoms with van der Waals surface area (Å²) in [4.78, 5) is 7.34. The van der Waals surface area contributed by atoms with Gasteiger partial charge >= 0.3 is 0 Å². The Morgan fingerprint density at radius 2 is 2.29 bits per heavy atom. The number of H-pyrrole nitrogens is 1. The highest BCUT2D eigenvalue weighted by atomic mass is 32.1. The number of pyridine rings is 1. The van der Waals surface area contributed by atoms with Gasteiger partial charge in [0.05, 0.1) is 5.69 Å². The normalized spacial score (nSPS) is 11.4. The molecule has 0 spiro atoms. The minimum absolute atomic E-state index is 0.283. The minimum Gasteiger partial charge on any atom is -0.397 e. The highest BCUT2D eigenvalue weighted by Crippen LogP contribution is 2.20. The molecule has 0 bridgehead atoms. The number of nitrogens with zero attached hydrogens (tertiary/aromatic N) is 2. The molecule has 0 saturated carbocycles. The van der Waals surface area contributed by atoms with Crippen LogP contribution < -0.4 is 5.73 Å². The Hall–Kier alpha value is -1.36. The van der Waals surface area contributed by atoms with Crippen LogP contribution in [0.15, 0.2) is 12.3 Å². The standard InChI is InChI=1S/C9H12N4S/c1-5(2)13-8-7(12-9(13)14)6(10)3-4-11-8/h3-5H,1-2H3,(H2,10,11)(H,12,14). The maximum atomic E-state index is 5.81. The zero-order valence-electron chi connectivity index (χ0n) is 8.11. The van der Waals surface area contributed by atoms with E-state index in [0.717, 1.165) is 11.2 Å². The minimum atomic E-state index is 0.283. The lowest BCUT2D eigenvalue weighted by molar-refractivity contribution is 0.605. The SMILES string of the molecule is CC(C)n1c(=S)[nH]c2c(N)ccnc21. The van der Waals surface area contributed by atoms with Gasteiger partial charge in [0.25, 0.3) is 0 Å². The molecule has 0 saturated heterocycles. The topological polar surface area (TPSA) is 59.6 Å². The predicted molar refractivity (Wildman–Crippen MR) is 59.7 cm³/mol. The molecule has 3 N–H and O–H groups in total. The van der Waals surface area contributed by atoms with Crippen molar-refractivity contribution in [2.24, 2.45) is 0 Å². The molecule has 0 aliphatic rings. The lowest BCUT2D eigenvalue weighted by atomic mass is 10.3. The van der Waals surface area contributed by atoms with Crippen molar-refractivity contribution >= 4 is 29.1 Å². The third-order valence-corrected chi connectivity index (χ3v) is 2.46. The van der Waals surface area contributed by atoms with Crippen molar-refractivity contribution in [1.29, 1.82) is 0 Å². The number of nitrogen functional groups attached to an aromatic ring is 1. The summed E-state index contributed by atoms with van der Waals surface area (Å²) < 4.78 is 2.63. The quantitative estimate of drug-likeness (QED) is 0.707. The van der Waals surface area contributed by atoms with Gasteiger partial charge in [0, 0.05) is 12.2 Å². The van der Waals surface area contributed by atoms with Crippen molar-refractivity contribution < 1.29 is 0 Å². The summed E-state index contributed by atoms with van der Waals surface area (Å²) in [6.07, 6.45) is 1.69. The van der Waals surface area contributed by atoms with E-state index in [1.54, 1.807) is 12.3 Å². The zero-order chi connectivity index (χ0) is 10.3. The summed E-state index contributed by atoms with van der Waals surface area (Å²) in [5, 5.41) is 0.